The number of aromatic nitrogens is 2. The molecule has 1 aliphatic heterocycles. The van der Waals surface area contributed by atoms with Gasteiger partial charge in [-0.05, 0) is 37.3 Å². The first-order chi connectivity index (χ1) is 15.2. The van der Waals surface area contributed by atoms with E-state index in [4.69, 9.17) is 9.26 Å². The molecule has 0 aliphatic carbocycles. The average molecular weight is 414 g/mol. The van der Waals surface area contributed by atoms with E-state index in [1.807, 2.05) is 61.5 Å². The largest absolute Gasteiger partial charge is 0.378 e. The molecule has 0 bridgehead atoms. The second-order valence-electron chi connectivity index (χ2n) is 7.47. The zero-order valence-electron chi connectivity index (χ0n) is 17.2. The Labute approximate surface area is 179 Å². The first-order valence-electron chi connectivity index (χ1n) is 10.3. The van der Waals surface area contributed by atoms with Crippen LogP contribution in [0.4, 0.5) is 11.4 Å². The Morgan fingerprint density at radius 2 is 1.77 bits per heavy atom. The van der Waals surface area contributed by atoms with Crippen molar-refractivity contribution in [3.63, 3.8) is 0 Å². The molecule has 0 saturated carbocycles. The topological polar surface area (TPSA) is 80.5 Å². The molecule has 4 aromatic rings. The molecule has 0 spiro atoms. The smallest absolute Gasteiger partial charge is 0.259 e. The third-order valence-corrected chi connectivity index (χ3v) is 5.43. The summed E-state index contributed by atoms with van der Waals surface area (Å²) < 4.78 is 10.8. The van der Waals surface area contributed by atoms with Crippen LogP contribution in [0.3, 0.4) is 0 Å². The average Bonchev–Trinajstić information content (AvgIpc) is 3.21. The van der Waals surface area contributed by atoms with E-state index in [-0.39, 0.29) is 5.91 Å². The normalized spacial score (nSPS) is 14.0. The summed E-state index contributed by atoms with van der Waals surface area (Å²) in [6.07, 6.45) is 0. The molecule has 31 heavy (non-hydrogen) atoms. The zero-order chi connectivity index (χ0) is 21.2. The predicted octanol–water partition coefficient (Wildman–Crippen LogP) is 4.29. The highest BCUT2D eigenvalue weighted by atomic mass is 16.5. The number of carbonyl (C=O) groups excluding carboxylic acids is 1. The summed E-state index contributed by atoms with van der Waals surface area (Å²) in [5.41, 5.74) is 4.89. The van der Waals surface area contributed by atoms with Crippen molar-refractivity contribution in [1.29, 1.82) is 0 Å². The Hall–Kier alpha value is -3.71. The van der Waals surface area contributed by atoms with Crippen LogP contribution in [0.25, 0.3) is 22.4 Å². The van der Waals surface area contributed by atoms with Gasteiger partial charge >= 0.3 is 0 Å². The summed E-state index contributed by atoms with van der Waals surface area (Å²) in [6.45, 7) is 5.02. The fourth-order valence-corrected chi connectivity index (χ4v) is 3.81. The highest BCUT2D eigenvalue weighted by Crippen LogP contribution is 2.28. The SMILES string of the molecule is Cc1noc2nc(-c3ccccc3)cc(C(=O)Nc3ccc(N4CCOCC4)cc3)c12. The molecule has 7 heteroatoms. The van der Waals surface area contributed by atoms with Gasteiger partial charge in [-0.25, -0.2) is 4.98 Å². The minimum Gasteiger partial charge on any atom is -0.378 e. The van der Waals surface area contributed by atoms with E-state index >= 15 is 0 Å². The van der Waals surface area contributed by atoms with Gasteiger partial charge in [0.1, 0.15) is 0 Å². The number of hydrogen-bond acceptors (Lipinski definition) is 6. The second-order valence-corrected chi connectivity index (χ2v) is 7.47. The lowest BCUT2D eigenvalue weighted by Gasteiger charge is -2.28. The molecule has 1 saturated heterocycles. The molecule has 1 aliphatic rings. The fourth-order valence-electron chi connectivity index (χ4n) is 3.81. The number of pyridine rings is 1. The first-order valence-corrected chi connectivity index (χ1v) is 10.3. The lowest BCUT2D eigenvalue weighted by Crippen LogP contribution is -2.36. The van der Waals surface area contributed by atoms with Crippen molar-refractivity contribution in [2.75, 3.05) is 36.5 Å². The number of benzene rings is 2. The molecule has 0 unspecified atom stereocenters. The van der Waals surface area contributed by atoms with E-state index in [0.29, 0.717) is 28.1 Å². The number of nitrogens with one attached hydrogen (secondary N) is 1. The Morgan fingerprint density at radius 3 is 2.52 bits per heavy atom. The summed E-state index contributed by atoms with van der Waals surface area (Å²) in [7, 11) is 0. The maximum Gasteiger partial charge on any atom is 0.259 e. The quantitative estimate of drug-likeness (QED) is 0.537. The number of fused-ring (bicyclic) bond motifs is 1. The van der Waals surface area contributed by atoms with Crippen molar-refractivity contribution in [3.05, 3.63) is 71.9 Å². The van der Waals surface area contributed by atoms with Crippen LogP contribution in [0.5, 0.6) is 0 Å². The molecule has 2 aromatic carbocycles. The first kappa shape index (κ1) is 19.3. The van der Waals surface area contributed by atoms with Gasteiger partial charge in [0, 0.05) is 30.0 Å². The third-order valence-electron chi connectivity index (χ3n) is 5.43. The van der Waals surface area contributed by atoms with Crippen LogP contribution < -0.4 is 10.2 Å². The Balaban J connectivity index is 1.44. The third kappa shape index (κ3) is 3.87. The summed E-state index contributed by atoms with van der Waals surface area (Å²) in [4.78, 5) is 20.0. The van der Waals surface area contributed by atoms with Gasteiger partial charge < -0.3 is 19.5 Å². The molecule has 1 amide bonds. The number of nitrogens with zero attached hydrogens (tertiary/aromatic N) is 3. The number of morpholine rings is 1. The van der Waals surface area contributed by atoms with Crippen LogP contribution in [-0.4, -0.2) is 42.4 Å². The molecule has 1 N–H and O–H groups in total. The van der Waals surface area contributed by atoms with E-state index in [0.717, 1.165) is 43.2 Å². The molecule has 7 nitrogen and oxygen atoms in total. The molecular formula is C24H22N4O3. The summed E-state index contributed by atoms with van der Waals surface area (Å²) in [5, 5.41) is 7.63. The van der Waals surface area contributed by atoms with Crippen LogP contribution in [0.1, 0.15) is 16.1 Å². The Bertz CT molecular complexity index is 1210. The number of anilines is 2. The zero-order valence-corrected chi connectivity index (χ0v) is 17.2. The second kappa shape index (κ2) is 8.20. The van der Waals surface area contributed by atoms with Gasteiger partial charge in [0.25, 0.3) is 11.6 Å². The van der Waals surface area contributed by atoms with Gasteiger partial charge in [-0.3, -0.25) is 4.79 Å². The molecule has 156 valence electrons. The fraction of sp³-hybridized carbons (Fsp3) is 0.208. The minimum atomic E-state index is -0.227. The summed E-state index contributed by atoms with van der Waals surface area (Å²) in [5.74, 6) is -0.227. The van der Waals surface area contributed by atoms with Crippen molar-refractivity contribution >= 4 is 28.4 Å². The standard InChI is InChI=1S/C24H22N4O3/c1-16-22-20(15-21(26-24(22)31-27-16)17-5-3-2-4-6-17)23(29)25-18-7-9-19(10-8-18)28-11-13-30-14-12-28/h2-10,15H,11-14H2,1H3,(H,25,29). The van der Waals surface area contributed by atoms with Crippen LogP contribution in [0.2, 0.25) is 0 Å². The number of hydrogen-bond donors (Lipinski definition) is 1. The van der Waals surface area contributed by atoms with E-state index in [2.05, 4.69) is 20.4 Å². The van der Waals surface area contributed by atoms with Gasteiger partial charge in [-0.1, -0.05) is 35.5 Å². The predicted molar refractivity (Wildman–Crippen MR) is 119 cm³/mol. The maximum absolute atomic E-state index is 13.2. The monoisotopic (exact) mass is 414 g/mol. The van der Waals surface area contributed by atoms with E-state index in [9.17, 15) is 4.79 Å². The molecule has 5 rings (SSSR count). The van der Waals surface area contributed by atoms with Crippen LogP contribution in [0.15, 0.2) is 65.2 Å². The summed E-state index contributed by atoms with van der Waals surface area (Å²) in [6, 6.07) is 19.4. The number of amides is 1. The van der Waals surface area contributed by atoms with E-state index in [1.165, 1.54) is 0 Å². The van der Waals surface area contributed by atoms with Crippen molar-refractivity contribution < 1.29 is 14.1 Å². The van der Waals surface area contributed by atoms with Gasteiger partial charge in [0.2, 0.25) is 0 Å². The molecular weight excluding hydrogens is 392 g/mol. The van der Waals surface area contributed by atoms with Gasteiger partial charge in [0.15, 0.2) is 0 Å². The van der Waals surface area contributed by atoms with Crippen molar-refractivity contribution in [1.82, 2.24) is 10.1 Å². The van der Waals surface area contributed by atoms with Gasteiger partial charge in [-0.15, -0.1) is 0 Å². The molecule has 1 fully saturated rings. The van der Waals surface area contributed by atoms with E-state index < -0.39 is 0 Å². The molecule has 0 atom stereocenters. The minimum absolute atomic E-state index is 0.227. The van der Waals surface area contributed by atoms with E-state index in [1.54, 1.807) is 6.07 Å². The number of carbonyl (C=O) groups is 1. The van der Waals surface area contributed by atoms with Crippen LogP contribution in [-0.2, 0) is 4.74 Å². The van der Waals surface area contributed by atoms with Gasteiger partial charge in [0.05, 0.1) is 35.6 Å². The highest BCUT2D eigenvalue weighted by Gasteiger charge is 2.20. The number of ether oxygens (including phenoxy) is 1. The Morgan fingerprint density at radius 1 is 1.03 bits per heavy atom. The van der Waals surface area contributed by atoms with Crippen molar-refractivity contribution in [3.8, 4) is 11.3 Å². The molecule has 3 heterocycles. The van der Waals surface area contributed by atoms with Crippen LogP contribution in [0, 0.1) is 6.92 Å². The molecule has 0 radical (unpaired) electrons. The van der Waals surface area contributed by atoms with Crippen molar-refractivity contribution in [2.45, 2.75) is 6.92 Å². The summed E-state index contributed by atoms with van der Waals surface area (Å²) >= 11 is 0. The lowest BCUT2D eigenvalue weighted by molar-refractivity contribution is 0.102. The lowest BCUT2D eigenvalue weighted by atomic mass is 10.0. The van der Waals surface area contributed by atoms with Crippen LogP contribution >= 0.6 is 0 Å². The van der Waals surface area contributed by atoms with Gasteiger partial charge in [-0.2, -0.15) is 0 Å². The Kier molecular flexibility index (Phi) is 5.09. The number of rotatable bonds is 4. The maximum atomic E-state index is 13.2. The molecule has 2 aromatic heterocycles. The highest BCUT2D eigenvalue weighted by molar-refractivity contribution is 6.13. The number of aryl methyl sites for hydroxylation is 1. The van der Waals surface area contributed by atoms with Crippen molar-refractivity contribution in [2.24, 2.45) is 0 Å².